The number of hydrogen-bond donors (Lipinski definition) is 1. The van der Waals surface area contributed by atoms with E-state index in [1.54, 1.807) is 6.92 Å². The third kappa shape index (κ3) is 3.85. The van der Waals surface area contributed by atoms with Gasteiger partial charge < -0.3 is 4.74 Å². The van der Waals surface area contributed by atoms with Gasteiger partial charge in [0.2, 0.25) is 0 Å². The van der Waals surface area contributed by atoms with E-state index in [-0.39, 0.29) is 0 Å². The van der Waals surface area contributed by atoms with Crippen LogP contribution in [-0.4, -0.2) is 12.7 Å². The average Bonchev–Trinajstić information content (AvgIpc) is 2.17. The number of rotatable bonds is 3. The first-order chi connectivity index (χ1) is 6.33. The van der Waals surface area contributed by atoms with Gasteiger partial charge in [-0.15, -0.1) is 0 Å². The smallest absolute Gasteiger partial charge is 0.417 e. The summed E-state index contributed by atoms with van der Waals surface area (Å²) in [5.74, 6) is 0. The SMILES string of the molecule is CCOC(=O)NSc1ccccc1. The van der Waals surface area contributed by atoms with E-state index in [2.05, 4.69) is 4.72 Å². The van der Waals surface area contributed by atoms with Crippen molar-refractivity contribution in [2.24, 2.45) is 0 Å². The molecule has 13 heavy (non-hydrogen) atoms. The lowest BCUT2D eigenvalue weighted by molar-refractivity contribution is 0.159. The van der Waals surface area contributed by atoms with Crippen LogP contribution in [-0.2, 0) is 4.74 Å². The lowest BCUT2D eigenvalue weighted by Gasteiger charge is -2.03. The zero-order valence-corrected chi connectivity index (χ0v) is 8.14. The first-order valence-electron chi connectivity index (χ1n) is 3.97. The normalized spacial score (nSPS) is 9.31. The molecule has 0 aromatic heterocycles. The Hall–Kier alpha value is -1.16. The molecule has 4 heteroatoms. The molecule has 70 valence electrons. The molecule has 0 heterocycles. The van der Waals surface area contributed by atoms with Gasteiger partial charge in [0.1, 0.15) is 0 Å². The molecule has 0 unspecified atom stereocenters. The summed E-state index contributed by atoms with van der Waals surface area (Å²) in [6, 6.07) is 9.58. The molecule has 0 spiro atoms. The largest absolute Gasteiger partial charge is 0.449 e. The fraction of sp³-hybridized carbons (Fsp3) is 0.222. The van der Waals surface area contributed by atoms with Crippen LogP contribution in [0.15, 0.2) is 35.2 Å². The Morgan fingerprint density at radius 3 is 2.77 bits per heavy atom. The summed E-state index contributed by atoms with van der Waals surface area (Å²) >= 11 is 1.24. The van der Waals surface area contributed by atoms with Gasteiger partial charge in [-0.2, -0.15) is 0 Å². The van der Waals surface area contributed by atoms with Crippen LogP contribution in [0.2, 0.25) is 0 Å². The number of ether oxygens (including phenoxy) is 1. The first kappa shape index (κ1) is 9.92. The molecule has 3 nitrogen and oxygen atoms in total. The second-order valence-electron chi connectivity index (χ2n) is 2.24. The highest BCUT2D eigenvalue weighted by molar-refractivity contribution is 7.98. The van der Waals surface area contributed by atoms with Crippen LogP contribution in [0.25, 0.3) is 0 Å². The Morgan fingerprint density at radius 1 is 1.46 bits per heavy atom. The van der Waals surface area contributed by atoms with E-state index in [4.69, 9.17) is 4.74 Å². The van der Waals surface area contributed by atoms with E-state index in [0.717, 1.165) is 4.90 Å². The number of carbonyl (C=O) groups is 1. The van der Waals surface area contributed by atoms with Crippen molar-refractivity contribution in [1.82, 2.24) is 4.72 Å². The summed E-state index contributed by atoms with van der Waals surface area (Å²) in [5.41, 5.74) is 0. The third-order valence-corrected chi connectivity index (χ3v) is 2.05. The Balaban J connectivity index is 2.31. The predicted molar refractivity (Wildman–Crippen MR) is 52.5 cm³/mol. The highest BCUT2D eigenvalue weighted by Gasteiger charge is 1.99. The molecule has 0 aliphatic rings. The van der Waals surface area contributed by atoms with Crippen molar-refractivity contribution in [1.29, 1.82) is 0 Å². The van der Waals surface area contributed by atoms with Crippen LogP contribution in [0.4, 0.5) is 4.79 Å². The van der Waals surface area contributed by atoms with Gasteiger partial charge in [0.25, 0.3) is 0 Å². The van der Waals surface area contributed by atoms with Crippen LogP contribution < -0.4 is 4.72 Å². The van der Waals surface area contributed by atoms with Crippen molar-refractivity contribution < 1.29 is 9.53 Å². The highest BCUT2D eigenvalue weighted by atomic mass is 32.2. The van der Waals surface area contributed by atoms with Crippen LogP contribution >= 0.6 is 11.9 Å². The second-order valence-corrected chi connectivity index (χ2v) is 3.12. The molecule has 1 amide bonds. The van der Waals surface area contributed by atoms with Crippen LogP contribution in [0.3, 0.4) is 0 Å². The van der Waals surface area contributed by atoms with Crippen LogP contribution in [0.1, 0.15) is 6.92 Å². The molecule has 0 aliphatic carbocycles. The summed E-state index contributed by atoms with van der Waals surface area (Å²) in [4.78, 5) is 11.8. The number of nitrogens with one attached hydrogen (secondary N) is 1. The van der Waals surface area contributed by atoms with Gasteiger partial charge in [0.15, 0.2) is 0 Å². The maximum Gasteiger partial charge on any atom is 0.417 e. The molecule has 0 saturated carbocycles. The van der Waals surface area contributed by atoms with E-state index in [9.17, 15) is 4.79 Å². The lowest BCUT2D eigenvalue weighted by Crippen LogP contribution is -2.16. The Labute approximate surface area is 81.6 Å². The van der Waals surface area contributed by atoms with Crippen molar-refractivity contribution in [3.05, 3.63) is 30.3 Å². The maximum atomic E-state index is 10.9. The molecule has 0 bridgehead atoms. The standard InChI is InChI=1S/C9H11NO2S/c1-2-12-9(11)10-13-8-6-4-3-5-7-8/h3-7H,2H2,1H3,(H,10,11). The van der Waals surface area contributed by atoms with E-state index < -0.39 is 6.09 Å². The monoisotopic (exact) mass is 197 g/mol. The molecule has 1 rings (SSSR count). The number of carbonyl (C=O) groups excluding carboxylic acids is 1. The Bertz CT molecular complexity index is 264. The van der Waals surface area contributed by atoms with Crippen molar-refractivity contribution in [3.8, 4) is 0 Å². The highest BCUT2D eigenvalue weighted by Crippen LogP contribution is 2.12. The minimum Gasteiger partial charge on any atom is -0.449 e. The molecule has 0 fully saturated rings. The molecule has 1 aromatic rings. The predicted octanol–water partition coefficient (Wildman–Crippen LogP) is 2.44. The first-order valence-corrected chi connectivity index (χ1v) is 4.79. The van der Waals surface area contributed by atoms with Crippen molar-refractivity contribution >= 4 is 18.0 Å². The van der Waals surface area contributed by atoms with Gasteiger partial charge in [-0.05, 0) is 31.0 Å². The van der Waals surface area contributed by atoms with Gasteiger partial charge in [-0.25, -0.2) is 4.79 Å². The van der Waals surface area contributed by atoms with Crippen molar-refractivity contribution in [3.63, 3.8) is 0 Å². The molecule has 1 aromatic carbocycles. The topological polar surface area (TPSA) is 38.3 Å². The fourth-order valence-corrected chi connectivity index (χ4v) is 1.30. The molecule has 1 N–H and O–H groups in total. The lowest BCUT2D eigenvalue weighted by atomic mass is 10.4. The molecule has 0 atom stereocenters. The fourth-order valence-electron chi connectivity index (χ4n) is 0.750. The molecular weight excluding hydrogens is 186 g/mol. The molecular formula is C9H11NO2S. The van der Waals surface area contributed by atoms with Crippen molar-refractivity contribution in [2.75, 3.05) is 6.61 Å². The maximum absolute atomic E-state index is 10.9. The van der Waals surface area contributed by atoms with Gasteiger partial charge in [-0.3, -0.25) is 4.72 Å². The zero-order chi connectivity index (χ0) is 9.52. The summed E-state index contributed by atoms with van der Waals surface area (Å²) in [6.45, 7) is 2.16. The molecule has 0 saturated heterocycles. The summed E-state index contributed by atoms with van der Waals surface area (Å²) in [6.07, 6.45) is -0.406. The number of benzene rings is 1. The van der Waals surface area contributed by atoms with Gasteiger partial charge in [0, 0.05) is 4.90 Å². The quantitative estimate of drug-likeness (QED) is 0.756. The van der Waals surface area contributed by atoms with Crippen molar-refractivity contribution in [2.45, 2.75) is 11.8 Å². The van der Waals surface area contributed by atoms with Gasteiger partial charge in [0.05, 0.1) is 6.61 Å². The summed E-state index contributed by atoms with van der Waals surface area (Å²) < 4.78 is 7.25. The van der Waals surface area contributed by atoms with Crippen LogP contribution in [0.5, 0.6) is 0 Å². The number of hydrogen-bond acceptors (Lipinski definition) is 3. The average molecular weight is 197 g/mol. The number of amides is 1. The third-order valence-electron chi connectivity index (χ3n) is 1.27. The van der Waals surface area contributed by atoms with E-state index in [1.165, 1.54) is 11.9 Å². The minimum atomic E-state index is -0.406. The van der Waals surface area contributed by atoms with Crippen LogP contribution in [0, 0.1) is 0 Å². The minimum absolute atomic E-state index is 0.390. The van der Waals surface area contributed by atoms with E-state index >= 15 is 0 Å². The molecule has 0 aliphatic heterocycles. The Morgan fingerprint density at radius 2 is 2.15 bits per heavy atom. The second kappa shape index (κ2) is 5.48. The van der Waals surface area contributed by atoms with Gasteiger partial charge >= 0.3 is 6.09 Å². The summed E-state index contributed by atoms with van der Waals surface area (Å²) in [5, 5.41) is 0. The zero-order valence-electron chi connectivity index (χ0n) is 7.32. The molecule has 0 radical (unpaired) electrons. The van der Waals surface area contributed by atoms with Gasteiger partial charge in [-0.1, -0.05) is 18.2 Å². The van der Waals surface area contributed by atoms with E-state index in [1.807, 2.05) is 30.3 Å². The summed E-state index contributed by atoms with van der Waals surface area (Å²) in [7, 11) is 0. The van der Waals surface area contributed by atoms with E-state index in [0.29, 0.717) is 6.61 Å². The Kier molecular flexibility index (Phi) is 4.18.